The normalized spacial score (nSPS) is 26.6. The lowest BCUT2D eigenvalue weighted by atomic mass is 9.69. The molecule has 0 spiro atoms. The van der Waals surface area contributed by atoms with Crippen LogP contribution in [-0.4, -0.2) is 29.5 Å². The molecule has 0 bridgehead atoms. The van der Waals surface area contributed by atoms with E-state index in [4.69, 9.17) is 22.1 Å². The van der Waals surface area contributed by atoms with Crippen LogP contribution < -0.4 is 5.73 Å². The summed E-state index contributed by atoms with van der Waals surface area (Å²) in [5, 5.41) is 5.09. The number of aromatic nitrogens is 2. The van der Waals surface area contributed by atoms with E-state index in [2.05, 4.69) is 18.9 Å². The minimum Gasteiger partial charge on any atom is -0.383 e. The van der Waals surface area contributed by atoms with E-state index in [1.54, 1.807) is 13.3 Å². The molecule has 5 heteroatoms. The molecule has 1 aliphatic rings. The fourth-order valence-electron chi connectivity index (χ4n) is 3.00. The van der Waals surface area contributed by atoms with Crippen LogP contribution in [0.4, 0.5) is 0 Å². The molecular formula is C14H24ClN3O. The maximum atomic E-state index is 6.34. The van der Waals surface area contributed by atoms with Crippen LogP contribution >= 0.6 is 11.6 Å². The van der Waals surface area contributed by atoms with Crippen LogP contribution in [0.1, 0.15) is 44.7 Å². The average Bonchev–Trinajstić information content (AvgIpc) is 2.71. The van der Waals surface area contributed by atoms with Gasteiger partial charge in [-0.05, 0) is 24.7 Å². The predicted molar refractivity (Wildman–Crippen MR) is 77.5 cm³/mol. The van der Waals surface area contributed by atoms with Gasteiger partial charge < -0.3 is 10.5 Å². The van der Waals surface area contributed by atoms with Gasteiger partial charge in [0.2, 0.25) is 0 Å². The third-order valence-electron chi connectivity index (χ3n) is 4.14. The van der Waals surface area contributed by atoms with Crippen LogP contribution in [-0.2, 0) is 11.3 Å². The molecule has 0 amide bonds. The molecule has 1 aromatic heterocycles. The summed E-state index contributed by atoms with van der Waals surface area (Å²) in [6, 6.07) is 0.170. The lowest BCUT2D eigenvalue weighted by Gasteiger charge is -2.39. The second kappa shape index (κ2) is 5.81. The van der Waals surface area contributed by atoms with Gasteiger partial charge in [0.05, 0.1) is 30.1 Å². The zero-order valence-electron chi connectivity index (χ0n) is 12.0. The van der Waals surface area contributed by atoms with Gasteiger partial charge in [0, 0.05) is 19.1 Å². The Balaban J connectivity index is 2.26. The fraction of sp³-hybridized carbons (Fsp3) is 0.786. The van der Waals surface area contributed by atoms with Crippen LogP contribution in [0, 0.1) is 5.41 Å². The smallest absolute Gasteiger partial charge is 0.0821 e. The second-order valence-corrected chi connectivity index (χ2v) is 6.68. The van der Waals surface area contributed by atoms with E-state index in [1.165, 1.54) is 6.42 Å². The molecule has 0 radical (unpaired) electrons. The molecule has 1 heterocycles. The van der Waals surface area contributed by atoms with Crippen molar-refractivity contribution >= 4 is 11.6 Å². The summed E-state index contributed by atoms with van der Waals surface area (Å²) in [6.07, 6.45) is 5.01. The Labute approximate surface area is 120 Å². The van der Waals surface area contributed by atoms with Crippen LogP contribution in [0.2, 0.25) is 5.02 Å². The summed E-state index contributed by atoms with van der Waals surface area (Å²) in [6.45, 7) is 5.96. The van der Waals surface area contributed by atoms with Gasteiger partial charge in [-0.15, -0.1) is 0 Å². The maximum Gasteiger partial charge on any atom is 0.0821 e. The first-order valence-corrected chi connectivity index (χ1v) is 7.28. The Bertz CT molecular complexity index is 430. The number of halogens is 1. The lowest BCUT2D eigenvalue weighted by Crippen LogP contribution is -2.39. The van der Waals surface area contributed by atoms with Gasteiger partial charge in [-0.1, -0.05) is 25.4 Å². The molecule has 0 aromatic carbocycles. The minimum absolute atomic E-state index is 0.170. The number of methoxy groups -OCH3 is 1. The molecule has 19 heavy (non-hydrogen) atoms. The van der Waals surface area contributed by atoms with Crippen molar-refractivity contribution in [2.24, 2.45) is 11.1 Å². The highest BCUT2D eigenvalue weighted by molar-refractivity contribution is 6.31. The first-order chi connectivity index (χ1) is 8.94. The van der Waals surface area contributed by atoms with Crippen molar-refractivity contribution in [1.29, 1.82) is 0 Å². The Morgan fingerprint density at radius 3 is 3.00 bits per heavy atom. The molecule has 1 fully saturated rings. The zero-order valence-corrected chi connectivity index (χ0v) is 12.8. The van der Waals surface area contributed by atoms with Crippen molar-refractivity contribution in [3.63, 3.8) is 0 Å². The molecule has 0 saturated heterocycles. The largest absolute Gasteiger partial charge is 0.383 e. The topological polar surface area (TPSA) is 53.1 Å². The van der Waals surface area contributed by atoms with Gasteiger partial charge >= 0.3 is 0 Å². The summed E-state index contributed by atoms with van der Waals surface area (Å²) < 4.78 is 7.09. The molecule has 2 rings (SSSR count). The fourth-order valence-corrected chi connectivity index (χ4v) is 3.28. The minimum atomic E-state index is 0.170. The highest BCUT2D eigenvalue weighted by atomic mass is 35.5. The first kappa shape index (κ1) is 14.8. The van der Waals surface area contributed by atoms with Gasteiger partial charge in [0.25, 0.3) is 0 Å². The van der Waals surface area contributed by atoms with E-state index in [0.717, 1.165) is 30.1 Å². The third-order valence-corrected chi connectivity index (χ3v) is 4.43. The van der Waals surface area contributed by atoms with E-state index < -0.39 is 0 Å². The van der Waals surface area contributed by atoms with Gasteiger partial charge in [-0.3, -0.25) is 4.68 Å². The average molecular weight is 286 g/mol. The SMILES string of the molecule is COCCn1ncc(Cl)c1C1CC(C)(C)CCC1N. The number of ether oxygens (including phenoxy) is 1. The Kier molecular flexibility index (Phi) is 4.54. The molecule has 0 aliphatic heterocycles. The van der Waals surface area contributed by atoms with Crippen molar-refractivity contribution in [1.82, 2.24) is 9.78 Å². The molecule has 1 aliphatic carbocycles. The van der Waals surface area contributed by atoms with E-state index in [0.29, 0.717) is 12.0 Å². The number of hydrogen-bond acceptors (Lipinski definition) is 3. The van der Waals surface area contributed by atoms with E-state index in [1.807, 2.05) is 4.68 Å². The third kappa shape index (κ3) is 3.30. The molecule has 2 atom stereocenters. The van der Waals surface area contributed by atoms with Crippen molar-refractivity contribution in [2.45, 2.75) is 51.6 Å². The molecule has 1 saturated carbocycles. The maximum absolute atomic E-state index is 6.34. The van der Waals surface area contributed by atoms with Gasteiger partial charge in [0.15, 0.2) is 0 Å². The first-order valence-electron chi connectivity index (χ1n) is 6.90. The highest BCUT2D eigenvalue weighted by Crippen LogP contribution is 2.44. The van der Waals surface area contributed by atoms with Crippen LogP contribution in [0.15, 0.2) is 6.20 Å². The summed E-state index contributed by atoms with van der Waals surface area (Å²) in [5.41, 5.74) is 7.73. The highest BCUT2D eigenvalue weighted by Gasteiger charge is 2.36. The number of nitrogens with two attached hydrogens (primary N) is 1. The molecule has 2 unspecified atom stereocenters. The Morgan fingerprint density at radius 1 is 1.58 bits per heavy atom. The molecule has 108 valence electrons. The van der Waals surface area contributed by atoms with Crippen molar-refractivity contribution in [3.05, 3.63) is 16.9 Å². The lowest BCUT2D eigenvalue weighted by molar-refractivity contribution is 0.172. The molecule has 4 nitrogen and oxygen atoms in total. The summed E-state index contributed by atoms with van der Waals surface area (Å²) >= 11 is 6.34. The summed E-state index contributed by atoms with van der Waals surface area (Å²) in [4.78, 5) is 0. The van der Waals surface area contributed by atoms with Crippen molar-refractivity contribution in [2.75, 3.05) is 13.7 Å². The second-order valence-electron chi connectivity index (χ2n) is 6.27. The Morgan fingerprint density at radius 2 is 2.32 bits per heavy atom. The predicted octanol–water partition coefficient (Wildman–Crippen LogP) is 2.80. The van der Waals surface area contributed by atoms with E-state index >= 15 is 0 Å². The van der Waals surface area contributed by atoms with E-state index in [9.17, 15) is 0 Å². The van der Waals surface area contributed by atoms with Crippen LogP contribution in [0.3, 0.4) is 0 Å². The van der Waals surface area contributed by atoms with Crippen LogP contribution in [0.5, 0.6) is 0 Å². The molecular weight excluding hydrogens is 262 g/mol. The summed E-state index contributed by atoms with van der Waals surface area (Å²) in [7, 11) is 1.69. The van der Waals surface area contributed by atoms with Crippen LogP contribution in [0.25, 0.3) is 0 Å². The zero-order chi connectivity index (χ0) is 14.0. The quantitative estimate of drug-likeness (QED) is 0.925. The van der Waals surface area contributed by atoms with Gasteiger partial charge in [-0.25, -0.2) is 0 Å². The number of hydrogen-bond donors (Lipinski definition) is 1. The van der Waals surface area contributed by atoms with Gasteiger partial charge in [-0.2, -0.15) is 5.10 Å². The summed E-state index contributed by atoms with van der Waals surface area (Å²) in [5.74, 6) is 0.288. The molecule has 2 N–H and O–H groups in total. The monoisotopic (exact) mass is 285 g/mol. The van der Waals surface area contributed by atoms with Crippen molar-refractivity contribution in [3.8, 4) is 0 Å². The van der Waals surface area contributed by atoms with Gasteiger partial charge in [0.1, 0.15) is 0 Å². The van der Waals surface area contributed by atoms with E-state index in [-0.39, 0.29) is 12.0 Å². The number of nitrogens with zero attached hydrogens (tertiary/aromatic N) is 2. The Hall–Kier alpha value is -0.580. The van der Waals surface area contributed by atoms with Crippen molar-refractivity contribution < 1.29 is 4.74 Å². The number of rotatable bonds is 4. The molecule has 1 aromatic rings. The standard InChI is InChI=1S/C14H24ClN3O/c1-14(2)5-4-12(16)10(8-14)13-11(15)9-17-18(13)6-7-19-3/h9-10,12H,4-8,16H2,1-3H3.